The van der Waals surface area contributed by atoms with Crippen LogP contribution in [-0.4, -0.2) is 48.0 Å². The number of hydrogen-bond donors (Lipinski definition) is 1. The first kappa shape index (κ1) is 14.0. The normalized spacial score (nSPS) is 30.9. The third kappa shape index (κ3) is 1.99. The molecule has 3 rings (SSSR count). The zero-order valence-corrected chi connectivity index (χ0v) is 13.0. The van der Waals surface area contributed by atoms with Gasteiger partial charge in [0, 0.05) is 25.8 Å². The molecule has 2 aliphatic rings. The highest BCUT2D eigenvalue weighted by atomic mass is 32.2. The van der Waals surface area contributed by atoms with E-state index in [9.17, 15) is 8.42 Å². The lowest BCUT2D eigenvalue weighted by molar-refractivity contribution is 0.328. The summed E-state index contributed by atoms with van der Waals surface area (Å²) in [7, 11) is -1.65. The first-order chi connectivity index (χ1) is 9.45. The highest BCUT2D eigenvalue weighted by molar-refractivity contribution is 7.89. The topological polar surface area (TPSA) is 67.2 Å². The van der Waals surface area contributed by atoms with Crippen LogP contribution in [0.2, 0.25) is 0 Å². The third-order valence-electron chi connectivity index (χ3n) is 4.75. The molecule has 0 amide bonds. The third-order valence-corrected chi connectivity index (χ3v) is 6.51. The van der Waals surface area contributed by atoms with Crippen molar-refractivity contribution in [3.63, 3.8) is 0 Å². The van der Waals surface area contributed by atoms with E-state index in [2.05, 4.69) is 17.2 Å². The number of aromatic nitrogens is 2. The van der Waals surface area contributed by atoms with Crippen molar-refractivity contribution in [3.05, 3.63) is 12.0 Å². The lowest BCUT2D eigenvalue weighted by Gasteiger charge is -2.25. The summed E-state index contributed by atoms with van der Waals surface area (Å²) in [6.07, 6.45) is 2.47. The van der Waals surface area contributed by atoms with Crippen molar-refractivity contribution in [1.29, 1.82) is 0 Å². The zero-order chi connectivity index (χ0) is 14.5. The quantitative estimate of drug-likeness (QED) is 0.874. The van der Waals surface area contributed by atoms with Gasteiger partial charge in [0.1, 0.15) is 5.82 Å². The molecule has 0 aromatic carbocycles. The Bertz CT molecular complexity index is 590. The number of imidazole rings is 1. The number of nitrogens with zero attached hydrogens (tertiary/aromatic N) is 3. The Morgan fingerprint density at radius 1 is 1.45 bits per heavy atom. The second-order valence-corrected chi connectivity index (χ2v) is 7.71. The maximum absolute atomic E-state index is 12.8. The molecule has 7 heteroatoms. The fourth-order valence-electron chi connectivity index (χ4n) is 3.54. The number of nitrogens with one attached hydrogen (secondary N) is 1. The van der Waals surface area contributed by atoms with Crippen LogP contribution < -0.4 is 5.32 Å². The Balaban J connectivity index is 1.95. The molecule has 3 atom stereocenters. The van der Waals surface area contributed by atoms with E-state index in [1.54, 1.807) is 15.1 Å². The van der Waals surface area contributed by atoms with E-state index in [0.717, 1.165) is 25.3 Å². The number of rotatable bonds is 3. The maximum atomic E-state index is 12.8. The van der Waals surface area contributed by atoms with Gasteiger partial charge >= 0.3 is 0 Å². The van der Waals surface area contributed by atoms with Gasteiger partial charge in [-0.3, -0.25) is 0 Å². The summed E-state index contributed by atoms with van der Waals surface area (Å²) in [5, 5.41) is 3.56. The molecule has 20 heavy (non-hydrogen) atoms. The van der Waals surface area contributed by atoms with Crippen molar-refractivity contribution in [2.45, 2.75) is 31.3 Å². The predicted octanol–water partition coefficient (Wildman–Crippen LogP) is 0.347. The van der Waals surface area contributed by atoms with Gasteiger partial charge in [0.15, 0.2) is 5.03 Å². The largest absolute Gasteiger partial charge is 0.337 e. The second kappa shape index (κ2) is 4.82. The van der Waals surface area contributed by atoms with Crippen LogP contribution in [0.3, 0.4) is 0 Å². The van der Waals surface area contributed by atoms with Crippen LogP contribution in [0.4, 0.5) is 0 Å². The molecule has 112 valence electrons. The summed E-state index contributed by atoms with van der Waals surface area (Å²) >= 11 is 0. The van der Waals surface area contributed by atoms with E-state index < -0.39 is 10.0 Å². The molecule has 0 saturated carbocycles. The van der Waals surface area contributed by atoms with Crippen molar-refractivity contribution in [1.82, 2.24) is 19.2 Å². The van der Waals surface area contributed by atoms with Gasteiger partial charge in [-0.15, -0.1) is 0 Å². The van der Waals surface area contributed by atoms with Crippen LogP contribution in [0.1, 0.15) is 19.2 Å². The first-order valence-electron chi connectivity index (χ1n) is 7.17. The average Bonchev–Trinajstić information content (AvgIpc) is 3.04. The minimum atomic E-state index is -3.47. The van der Waals surface area contributed by atoms with E-state index in [-0.39, 0.29) is 11.1 Å². The maximum Gasteiger partial charge on any atom is 0.262 e. The molecule has 0 bridgehead atoms. The second-order valence-electron chi connectivity index (χ2n) is 5.87. The fraction of sp³-hybridized carbons (Fsp3) is 0.769. The molecule has 0 spiro atoms. The molecule has 0 radical (unpaired) electrons. The van der Waals surface area contributed by atoms with E-state index in [0.29, 0.717) is 18.4 Å². The van der Waals surface area contributed by atoms with Crippen molar-refractivity contribution >= 4 is 10.0 Å². The van der Waals surface area contributed by atoms with Gasteiger partial charge in [-0.25, -0.2) is 13.4 Å². The lowest BCUT2D eigenvalue weighted by atomic mass is 9.93. The van der Waals surface area contributed by atoms with Gasteiger partial charge in [0.2, 0.25) is 0 Å². The fourth-order valence-corrected chi connectivity index (χ4v) is 5.37. The van der Waals surface area contributed by atoms with E-state index in [1.165, 1.54) is 0 Å². The van der Waals surface area contributed by atoms with Crippen molar-refractivity contribution < 1.29 is 8.42 Å². The summed E-state index contributed by atoms with van der Waals surface area (Å²) < 4.78 is 29.1. The molecule has 6 nitrogen and oxygen atoms in total. The highest BCUT2D eigenvalue weighted by Gasteiger charge is 2.48. The van der Waals surface area contributed by atoms with Crippen LogP contribution in [0.5, 0.6) is 0 Å². The Morgan fingerprint density at radius 2 is 2.20 bits per heavy atom. The van der Waals surface area contributed by atoms with Crippen LogP contribution in [0, 0.1) is 18.8 Å². The first-order valence-corrected chi connectivity index (χ1v) is 8.61. The van der Waals surface area contributed by atoms with Crippen LogP contribution >= 0.6 is 0 Å². The molecule has 3 heterocycles. The monoisotopic (exact) mass is 298 g/mol. The average molecular weight is 298 g/mol. The molecule has 1 aromatic rings. The Kier molecular flexibility index (Phi) is 3.38. The van der Waals surface area contributed by atoms with E-state index in [4.69, 9.17) is 0 Å². The molecule has 1 aromatic heterocycles. The molecular formula is C13H22N4O2S. The Labute approximate surface area is 120 Å². The number of fused-ring (bicyclic) bond motifs is 1. The van der Waals surface area contributed by atoms with Crippen LogP contribution in [-0.2, 0) is 17.1 Å². The van der Waals surface area contributed by atoms with Gasteiger partial charge < -0.3 is 9.88 Å². The Hall–Kier alpha value is -0.920. The molecular weight excluding hydrogens is 276 g/mol. The summed E-state index contributed by atoms with van der Waals surface area (Å²) in [6, 6.07) is 0.0994. The molecule has 0 aliphatic carbocycles. The lowest BCUT2D eigenvalue weighted by Crippen LogP contribution is -2.39. The number of sulfonamides is 1. The minimum Gasteiger partial charge on any atom is -0.337 e. The molecule has 2 fully saturated rings. The van der Waals surface area contributed by atoms with E-state index in [1.807, 2.05) is 14.0 Å². The number of aryl methyl sites for hydroxylation is 2. The summed E-state index contributed by atoms with van der Waals surface area (Å²) in [5.41, 5.74) is 0. The predicted molar refractivity (Wildman–Crippen MR) is 75.8 cm³/mol. The Morgan fingerprint density at radius 3 is 2.80 bits per heavy atom. The van der Waals surface area contributed by atoms with Gasteiger partial charge in [0.25, 0.3) is 10.0 Å². The van der Waals surface area contributed by atoms with Crippen molar-refractivity contribution in [2.75, 3.05) is 19.6 Å². The number of hydrogen-bond acceptors (Lipinski definition) is 4. The standard InChI is InChI=1S/C13H22N4O2S/c1-4-12-11-6-14-5-10(11)7-17(12)20(18,19)13-8-16(3)9(2)15-13/h8,10-12,14H,4-7H2,1-3H3. The SMILES string of the molecule is CCC1C2CNCC2CN1S(=O)(=O)c1cn(C)c(C)n1. The summed E-state index contributed by atoms with van der Waals surface area (Å²) in [5.74, 6) is 1.61. The molecule has 2 aliphatic heterocycles. The summed E-state index contributed by atoms with van der Waals surface area (Å²) in [4.78, 5) is 4.21. The van der Waals surface area contributed by atoms with Gasteiger partial charge in [-0.2, -0.15) is 4.31 Å². The highest BCUT2D eigenvalue weighted by Crippen LogP contribution is 2.37. The molecule has 1 N–H and O–H groups in total. The van der Waals surface area contributed by atoms with Gasteiger partial charge in [-0.1, -0.05) is 6.92 Å². The van der Waals surface area contributed by atoms with E-state index >= 15 is 0 Å². The van der Waals surface area contributed by atoms with Crippen LogP contribution in [0.15, 0.2) is 11.2 Å². The summed E-state index contributed by atoms with van der Waals surface area (Å²) in [6.45, 7) is 6.36. The van der Waals surface area contributed by atoms with Crippen molar-refractivity contribution in [2.24, 2.45) is 18.9 Å². The van der Waals surface area contributed by atoms with Crippen LogP contribution in [0.25, 0.3) is 0 Å². The molecule has 2 saturated heterocycles. The van der Waals surface area contributed by atoms with Gasteiger partial charge in [-0.05, 0) is 38.3 Å². The molecule has 3 unspecified atom stereocenters. The smallest absolute Gasteiger partial charge is 0.262 e. The van der Waals surface area contributed by atoms with Crippen molar-refractivity contribution in [3.8, 4) is 0 Å². The van der Waals surface area contributed by atoms with Gasteiger partial charge in [0.05, 0.1) is 0 Å². The minimum absolute atomic E-state index is 0.0994. The zero-order valence-electron chi connectivity index (χ0n) is 12.2.